The highest BCUT2D eigenvalue weighted by atomic mass is 79.9. The molecule has 0 radical (unpaired) electrons. The second-order valence-electron chi connectivity index (χ2n) is 4.09. The van der Waals surface area contributed by atoms with Crippen LogP contribution in [0.15, 0.2) is 46.9 Å². The smallest absolute Gasteiger partial charge is 0.122 e. The maximum Gasteiger partial charge on any atom is 0.122 e. The molecule has 4 nitrogen and oxygen atoms in total. The van der Waals surface area contributed by atoms with E-state index < -0.39 is 0 Å². The van der Waals surface area contributed by atoms with Crippen molar-refractivity contribution in [3.8, 4) is 17.2 Å². The van der Waals surface area contributed by atoms with E-state index in [1.807, 2.05) is 36.4 Å². The van der Waals surface area contributed by atoms with Crippen molar-refractivity contribution in [2.24, 2.45) is 0 Å². The third-order valence-corrected chi connectivity index (χ3v) is 3.03. The Morgan fingerprint density at radius 2 is 1.50 bits per heavy atom. The van der Waals surface area contributed by atoms with Crippen molar-refractivity contribution in [1.29, 1.82) is 0 Å². The average Bonchev–Trinajstić information content (AvgIpc) is 2.43. The zero-order valence-electron chi connectivity index (χ0n) is 11.1. The molecule has 20 heavy (non-hydrogen) atoms. The van der Waals surface area contributed by atoms with Crippen LogP contribution in [0.1, 0.15) is 0 Å². The standard InChI is InChI=1S/C15H16BrNO3/c1-18-13-2-4-14(5-3-13)19-6-7-20-15-9-11(16)8-12(17)10-15/h2-5,8-10H,6-7,17H2,1H3. The van der Waals surface area contributed by atoms with Gasteiger partial charge >= 0.3 is 0 Å². The predicted molar refractivity (Wildman–Crippen MR) is 82.5 cm³/mol. The van der Waals surface area contributed by atoms with Crippen LogP contribution in [0.25, 0.3) is 0 Å². The van der Waals surface area contributed by atoms with Gasteiger partial charge in [0.1, 0.15) is 30.5 Å². The first-order valence-electron chi connectivity index (χ1n) is 6.13. The number of methoxy groups -OCH3 is 1. The highest BCUT2D eigenvalue weighted by Crippen LogP contribution is 2.23. The molecular weight excluding hydrogens is 322 g/mol. The molecule has 2 rings (SSSR count). The van der Waals surface area contributed by atoms with Gasteiger partial charge in [0.05, 0.1) is 7.11 Å². The molecule has 5 heteroatoms. The Morgan fingerprint density at radius 1 is 0.900 bits per heavy atom. The van der Waals surface area contributed by atoms with Gasteiger partial charge in [-0.05, 0) is 36.4 Å². The summed E-state index contributed by atoms with van der Waals surface area (Å²) >= 11 is 3.37. The molecule has 2 N–H and O–H groups in total. The van der Waals surface area contributed by atoms with Gasteiger partial charge in [-0.2, -0.15) is 0 Å². The Labute approximate surface area is 126 Å². The maximum absolute atomic E-state index is 5.73. The lowest BCUT2D eigenvalue weighted by Gasteiger charge is -2.09. The largest absolute Gasteiger partial charge is 0.497 e. The van der Waals surface area contributed by atoms with Crippen LogP contribution < -0.4 is 19.9 Å². The Kier molecular flexibility index (Phi) is 5.12. The van der Waals surface area contributed by atoms with Crippen molar-refractivity contribution >= 4 is 21.6 Å². The summed E-state index contributed by atoms with van der Waals surface area (Å²) in [6.45, 7) is 0.903. The fourth-order valence-corrected chi connectivity index (χ4v) is 2.15. The van der Waals surface area contributed by atoms with Crippen LogP contribution in [0.2, 0.25) is 0 Å². The number of rotatable bonds is 6. The summed E-state index contributed by atoms with van der Waals surface area (Å²) in [4.78, 5) is 0. The van der Waals surface area contributed by atoms with Gasteiger partial charge in [0.25, 0.3) is 0 Å². The van der Waals surface area contributed by atoms with Crippen molar-refractivity contribution in [2.75, 3.05) is 26.1 Å². The first-order chi connectivity index (χ1) is 9.67. The lowest BCUT2D eigenvalue weighted by Crippen LogP contribution is -2.09. The Bertz CT molecular complexity index is 537. The van der Waals surface area contributed by atoms with Crippen LogP contribution in [0.5, 0.6) is 17.2 Å². The topological polar surface area (TPSA) is 53.7 Å². The highest BCUT2D eigenvalue weighted by molar-refractivity contribution is 9.10. The third kappa shape index (κ3) is 4.35. The van der Waals surface area contributed by atoms with E-state index in [0.717, 1.165) is 21.7 Å². The molecule has 0 amide bonds. The molecule has 0 atom stereocenters. The summed E-state index contributed by atoms with van der Waals surface area (Å²) in [6.07, 6.45) is 0. The molecular formula is C15H16BrNO3. The molecule has 0 aromatic heterocycles. The van der Waals surface area contributed by atoms with E-state index >= 15 is 0 Å². The van der Waals surface area contributed by atoms with Gasteiger partial charge in [0.2, 0.25) is 0 Å². The molecule has 0 spiro atoms. The zero-order valence-corrected chi connectivity index (χ0v) is 12.7. The summed E-state index contributed by atoms with van der Waals surface area (Å²) in [7, 11) is 1.63. The van der Waals surface area contributed by atoms with Crippen LogP contribution >= 0.6 is 15.9 Å². The zero-order chi connectivity index (χ0) is 14.4. The van der Waals surface area contributed by atoms with Gasteiger partial charge in [-0.15, -0.1) is 0 Å². The molecule has 0 aliphatic carbocycles. The van der Waals surface area contributed by atoms with E-state index in [1.165, 1.54) is 0 Å². The molecule has 2 aromatic carbocycles. The average molecular weight is 338 g/mol. The number of anilines is 1. The minimum atomic E-state index is 0.446. The van der Waals surface area contributed by atoms with Crippen molar-refractivity contribution in [1.82, 2.24) is 0 Å². The second-order valence-corrected chi connectivity index (χ2v) is 5.01. The van der Waals surface area contributed by atoms with E-state index in [0.29, 0.717) is 18.9 Å². The van der Waals surface area contributed by atoms with Crippen LogP contribution in [-0.2, 0) is 0 Å². The minimum Gasteiger partial charge on any atom is -0.497 e. The molecule has 106 valence electrons. The SMILES string of the molecule is COc1ccc(OCCOc2cc(N)cc(Br)c2)cc1. The summed E-state index contributed by atoms with van der Waals surface area (Å²) in [6, 6.07) is 12.9. The van der Waals surface area contributed by atoms with E-state index in [1.54, 1.807) is 13.2 Å². The molecule has 0 aliphatic heterocycles. The number of halogens is 1. The Hall–Kier alpha value is -1.88. The highest BCUT2D eigenvalue weighted by Gasteiger charge is 1.99. The van der Waals surface area contributed by atoms with Gasteiger partial charge in [-0.3, -0.25) is 0 Å². The van der Waals surface area contributed by atoms with Crippen LogP contribution in [0.3, 0.4) is 0 Å². The van der Waals surface area contributed by atoms with Crippen molar-refractivity contribution in [3.05, 3.63) is 46.9 Å². The number of hydrogen-bond donors (Lipinski definition) is 1. The molecule has 0 bridgehead atoms. The van der Waals surface area contributed by atoms with E-state index in [4.69, 9.17) is 19.9 Å². The molecule has 0 saturated carbocycles. The lowest BCUT2D eigenvalue weighted by atomic mass is 10.3. The Morgan fingerprint density at radius 3 is 2.10 bits per heavy atom. The lowest BCUT2D eigenvalue weighted by molar-refractivity contribution is 0.217. The maximum atomic E-state index is 5.73. The van der Waals surface area contributed by atoms with Gasteiger partial charge in [-0.25, -0.2) is 0 Å². The van der Waals surface area contributed by atoms with Crippen LogP contribution in [0.4, 0.5) is 5.69 Å². The van der Waals surface area contributed by atoms with Gasteiger partial charge in [0, 0.05) is 16.2 Å². The fraction of sp³-hybridized carbons (Fsp3) is 0.200. The molecule has 0 saturated heterocycles. The number of nitrogen functional groups attached to an aromatic ring is 1. The molecule has 0 aliphatic rings. The minimum absolute atomic E-state index is 0.446. The van der Waals surface area contributed by atoms with Crippen molar-refractivity contribution in [3.63, 3.8) is 0 Å². The molecule has 2 aromatic rings. The molecule has 0 fully saturated rings. The number of benzene rings is 2. The van der Waals surface area contributed by atoms with Gasteiger partial charge in [0.15, 0.2) is 0 Å². The normalized spacial score (nSPS) is 10.1. The Balaban J connectivity index is 1.78. The fourth-order valence-electron chi connectivity index (χ4n) is 1.66. The molecule has 0 unspecified atom stereocenters. The third-order valence-electron chi connectivity index (χ3n) is 2.57. The second kappa shape index (κ2) is 7.05. The van der Waals surface area contributed by atoms with E-state index in [9.17, 15) is 0 Å². The van der Waals surface area contributed by atoms with Crippen LogP contribution in [0, 0.1) is 0 Å². The van der Waals surface area contributed by atoms with Crippen molar-refractivity contribution < 1.29 is 14.2 Å². The molecule has 0 heterocycles. The number of ether oxygens (including phenoxy) is 3. The number of hydrogen-bond acceptors (Lipinski definition) is 4. The number of nitrogens with two attached hydrogens (primary N) is 1. The van der Waals surface area contributed by atoms with E-state index in [-0.39, 0.29) is 0 Å². The monoisotopic (exact) mass is 337 g/mol. The van der Waals surface area contributed by atoms with E-state index in [2.05, 4.69) is 15.9 Å². The quantitative estimate of drug-likeness (QED) is 0.647. The first kappa shape index (κ1) is 14.5. The summed E-state index contributed by atoms with van der Waals surface area (Å²) in [5.41, 5.74) is 6.39. The summed E-state index contributed by atoms with van der Waals surface area (Å²) in [5, 5.41) is 0. The van der Waals surface area contributed by atoms with Crippen LogP contribution in [-0.4, -0.2) is 20.3 Å². The van der Waals surface area contributed by atoms with Gasteiger partial charge in [-0.1, -0.05) is 15.9 Å². The summed E-state index contributed by atoms with van der Waals surface area (Å²) < 4.78 is 17.1. The summed E-state index contributed by atoms with van der Waals surface area (Å²) in [5.74, 6) is 2.30. The van der Waals surface area contributed by atoms with Crippen molar-refractivity contribution in [2.45, 2.75) is 0 Å². The van der Waals surface area contributed by atoms with Gasteiger partial charge < -0.3 is 19.9 Å². The first-order valence-corrected chi connectivity index (χ1v) is 6.92. The predicted octanol–water partition coefficient (Wildman–Crippen LogP) is 3.50.